The van der Waals surface area contributed by atoms with Crippen LogP contribution >= 0.6 is 0 Å². The van der Waals surface area contributed by atoms with Crippen molar-refractivity contribution >= 4 is 0 Å². The predicted molar refractivity (Wildman–Crippen MR) is 66.4 cm³/mol. The first-order valence-electron chi connectivity index (χ1n) is 6.73. The Hall–Kier alpha value is -0.120. The van der Waals surface area contributed by atoms with E-state index in [1.54, 1.807) is 0 Å². The van der Waals surface area contributed by atoms with Crippen LogP contribution in [-0.2, 0) is 4.74 Å². The van der Waals surface area contributed by atoms with Crippen LogP contribution in [-0.4, -0.2) is 44.3 Å². The molecule has 94 valence electrons. The third-order valence-electron chi connectivity index (χ3n) is 4.52. The fourth-order valence-corrected chi connectivity index (χ4v) is 3.33. The highest BCUT2D eigenvalue weighted by molar-refractivity contribution is 4.89. The van der Waals surface area contributed by atoms with Gasteiger partial charge in [0.25, 0.3) is 0 Å². The zero-order chi connectivity index (χ0) is 11.4. The molecule has 0 atom stereocenters. The Labute approximate surface area is 99.3 Å². The highest BCUT2D eigenvalue weighted by Crippen LogP contribution is 2.38. The van der Waals surface area contributed by atoms with Crippen molar-refractivity contribution < 1.29 is 4.74 Å². The van der Waals surface area contributed by atoms with Gasteiger partial charge in [0.2, 0.25) is 0 Å². The van der Waals surface area contributed by atoms with Gasteiger partial charge in [-0.25, -0.2) is 0 Å². The standard InChI is InChI=1S/C13H26N2O/c1-16-12-4-8-15(9-5-12)11-13(10-14)6-2-3-7-13/h12H,2-11,14H2,1H3. The maximum absolute atomic E-state index is 5.99. The van der Waals surface area contributed by atoms with Crippen LogP contribution in [0.1, 0.15) is 38.5 Å². The van der Waals surface area contributed by atoms with Crippen LogP contribution in [0.15, 0.2) is 0 Å². The third kappa shape index (κ3) is 2.76. The average molecular weight is 226 g/mol. The fraction of sp³-hybridized carbons (Fsp3) is 1.00. The molecule has 0 radical (unpaired) electrons. The summed E-state index contributed by atoms with van der Waals surface area (Å²) in [6.07, 6.45) is 8.32. The lowest BCUT2D eigenvalue weighted by molar-refractivity contribution is 0.0275. The van der Waals surface area contributed by atoms with Crippen LogP contribution in [0, 0.1) is 5.41 Å². The van der Waals surface area contributed by atoms with E-state index < -0.39 is 0 Å². The van der Waals surface area contributed by atoms with E-state index in [1.165, 1.54) is 58.2 Å². The lowest BCUT2D eigenvalue weighted by atomic mass is 9.85. The average Bonchev–Trinajstić information content (AvgIpc) is 2.79. The van der Waals surface area contributed by atoms with Crippen molar-refractivity contribution in [1.82, 2.24) is 4.90 Å². The first-order valence-corrected chi connectivity index (χ1v) is 6.73. The van der Waals surface area contributed by atoms with Gasteiger partial charge < -0.3 is 15.4 Å². The van der Waals surface area contributed by atoms with E-state index in [0.29, 0.717) is 11.5 Å². The number of likely N-dealkylation sites (tertiary alicyclic amines) is 1. The SMILES string of the molecule is COC1CCN(CC2(CN)CCCC2)CC1. The van der Waals surface area contributed by atoms with Crippen molar-refractivity contribution in [3.63, 3.8) is 0 Å². The molecule has 16 heavy (non-hydrogen) atoms. The van der Waals surface area contributed by atoms with Crippen molar-refractivity contribution in [3.05, 3.63) is 0 Å². The Kier molecular flexibility index (Phi) is 4.22. The van der Waals surface area contributed by atoms with E-state index in [0.717, 1.165) is 6.54 Å². The van der Waals surface area contributed by atoms with E-state index in [1.807, 2.05) is 7.11 Å². The number of methoxy groups -OCH3 is 1. The molecule has 2 N–H and O–H groups in total. The Morgan fingerprint density at radius 2 is 1.88 bits per heavy atom. The number of hydrogen-bond donors (Lipinski definition) is 1. The van der Waals surface area contributed by atoms with Crippen LogP contribution in [0.5, 0.6) is 0 Å². The largest absolute Gasteiger partial charge is 0.381 e. The number of rotatable bonds is 4. The molecule has 1 saturated heterocycles. The smallest absolute Gasteiger partial charge is 0.0595 e. The molecule has 1 saturated carbocycles. The molecule has 2 fully saturated rings. The van der Waals surface area contributed by atoms with Gasteiger partial charge in [0.1, 0.15) is 0 Å². The molecule has 0 spiro atoms. The minimum Gasteiger partial charge on any atom is -0.381 e. The van der Waals surface area contributed by atoms with Crippen LogP contribution in [0.2, 0.25) is 0 Å². The summed E-state index contributed by atoms with van der Waals surface area (Å²) in [5.74, 6) is 0. The summed E-state index contributed by atoms with van der Waals surface area (Å²) < 4.78 is 5.41. The fourth-order valence-electron chi connectivity index (χ4n) is 3.33. The summed E-state index contributed by atoms with van der Waals surface area (Å²) in [5, 5.41) is 0. The topological polar surface area (TPSA) is 38.5 Å². The molecular weight excluding hydrogens is 200 g/mol. The van der Waals surface area contributed by atoms with Gasteiger partial charge in [0.15, 0.2) is 0 Å². The summed E-state index contributed by atoms with van der Waals surface area (Å²) in [6.45, 7) is 4.48. The molecule has 1 heterocycles. The van der Waals surface area contributed by atoms with Gasteiger partial charge in [-0.2, -0.15) is 0 Å². The van der Waals surface area contributed by atoms with Gasteiger partial charge >= 0.3 is 0 Å². The maximum Gasteiger partial charge on any atom is 0.0595 e. The van der Waals surface area contributed by atoms with Crippen molar-refractivity contribution in [1.29, 1.82) is 0 Å². The monoisotopic (exact) mass is 226 g/mol. The molecular formula is C13H26N2O. The molecule has 3 heteroatoms. The van der Waals surface area contributed by atoms with E-state index in [-0.39, 0.29) is 0 Å². The third-order valence-corrected chi connectivity index (χ3v) is 4.52. The number of piperidine rings is 1. The van der Waals surface area contributed by atoms with Crippen molar-refractivity contribution in [2.75, 3.05) is 33.3 Å². The maximum atomic E-state index is 5.99. The van der Waals surface area contributed by atoms with Crippen LogP contribution in [0.25, 0.3) is 0 Å². The molecule has 3 nitrogen and oxygen atoms in total. The van der Waals surface area contributed by atoms with Crippen LogP contribution in [0.4, 0.5) is 0 Å². The Morgan fingerprint density at radius 1 is 1.25 bits per heavy atom. The molecule has 0 bridgehead atoms. The Balaban J connectivity index is 1.81. The van der Waals surface area contributed by atoms with Crippen molar-refractivity contribution in [3.8, 4) is 0 Å². The molecule has 2 aliphatic rings. The number of nitrogens with two attached hydrogens (primary N) is 1. The second kappa shape index (κ2) is 5.48. The van der Waals surface area contributed by atoms with Crippen molar-refractivity contribution in [2.45, 2.75) is 44.6 Å². The molecule has 0 aromatic carbocycles. The molecule has 0 aromatic heterocycles. The Bertz CT molecular complexity index is 206. The van der Waals surface area contributed by atoms with Gasteiger partial charge in [-0.3, -0.25) is 0 Å². The van der Waals surface area contributed by atoms with Gasteiger partial charge in [-0.15, -0.1) is 0 Å². The molecule has 0 amide bonds. The zero-order valence-corrected chi connectivity index (χ0v) is 10.6. The quantitative estimate of drug-likeness (QED) is 0.791. The first kappa shape index (κ1) is 12.3. The first-order chi connectivity index (χ1) is 7.78. The summed E-state index contributed by atoms with van der Waals surface area (Å²) >= 11 is 0. The summed E-state index contributed by atoms with van der Waals surface area (Å²) in [6, 6.07) is 0. The normalized spacial score (nSPS) is 27.4. The minimum atomic E-state index is 0.444. The number of hydrogen-bond acceptors (Lipinski definition) is 3. The molecule has 2 rings (SSSR count). The highest BCUT2D eigenvalue weighted by Gasteiger charge is 2.35. The summed E-state index contributed by atoms with van der Waals surface area (Å²) in [5.41, 5.74) is 6.43. The van der Waals surface area contributed by atoms with E-state index in [4.69, 9.17) is 10.5 Å². The van der Waals surface area contributed by atoms with Gasteiger partial charge in [0.05, 0.1) is 6.10 Å². The van der Waals surface area contributed by atoms with Gasteiger partial charge in [-0.05, 0) is 37.6 Å². The molecule has 1 aliphatic heterocycles. The lowest BCUT2D eigenvalue weighted by Crippen LogP contribution is -2.45. The highest BCUT2D eigenvalue weighted by atomic mass is 16.5. The van der Waals surface area contributed by atoms with Crippen molar-refractivity contribution in [2.24, 2.45) is 11.1 Å². The molecule has 0 aromatic rings. The second-order valence-corrected chi connectivity index (χ2v) is 5.62. The van der Waals surface area contributed by atoms with Gasteiger partial charge in [-0.1, -0.05) is 12.8 Å². The lowest BCUT2D eigenvalue weighted by Gasteiger charge is -2.38. The van der Waals surface area contributed by atoms with Gasteiger partial charge in [0, 0.05) is 26.7 Å². The van der Waals surface area contributed by atoms with E-state index in [2.05, 4.69) is 4.90 Å². The molecule has 0 unspecified atom stereocenters. The Morgan fingerprint density at radius 3 is 2.38 bits per heavy atom. The van der Waals surface area contributed by atoms with E-state index in [9.17, 15) is 0 Å². The number of ether oxygens (including phenoxy) is 1. The van der Waals surface area contributed by atoms with Crippen LogP contribution < -0.4 is 5.73 Å². The summed E-state index contributed by atoms with van der Waals surface area (Å²) in [7, 11) is 1.83. The predicted octanol–water partition coefficient (Wildman–Crippen LogP) is 1.62. The number of nitrogens with zero attached hydrogens (tertiary/aromatic N) is 1. The zero-order valence-electron chi connectivity index (χ0n) is 10.6. The second-order valence-electron chi connectivity index (χ2n) is 5.62. The minimum absolute atomic E-state index is 0.444. The summed E-state index contributed by atoms with van der Waals surface area (Å²) in [4.78, 5) is 2.60. The van der Waals surface area contributed by atoms with E-state index >= 15 is 0 Å². The molecule has 1 aliphatic carbocycles. The van der Waals surface area contributed by atoms with Crippen LogP contribution in [0.3, 0.4) is 0 Å².